The minimum atomic E-state index is -1.58. The molecule has 0 aliphatic carbocycles. The van der Waals surface area contributed by atoms with Crippen LogP contribution < -0.4 is 5.32 Å². The quantitative estimate of drug-likeness (QED) is 0.0195. The fourth-order valence-corrected chi connectivity index (χ4v) is 10.4. The van der Waals surface area contributed by atoms with Crippen LogP contribution in [0.4, 0.5) is 0 Å². The van der Waals surface area contributed by atoms with Crippen LogP contribution in [0, 0.1) is 0 Å². The molecule has 458 valence electrons. The number of ether oxygens (including phenoxy) is 3. The summed E-state index contributed by atoms with van der Waals surface area (Å²) in [6.45, 7) is 4.32. The molecule has 0 bridgehead atoms. The molecule has 0 aromatic rings. The van der Waals surface area contributed by atoms with Crippen molar-refractivity contribution in [2.75, 3.05) is 19.8 Å². The number of carbonyl (C=O) groups is 2. The van der Waals surface area contributed by atoms with Crippen LogP contribution in [0.3, 0.4) is 0 Å². The van der Waals surface area contributed by atoms with Gasteiger partial charge in [0.1, 0.15) is 24.4 Å². The van der Waals surface area contributed by atoms with Crippen molar-refractivity contribution in [1.82, 2.24) is 5.32 Å². The Hall–Kier alpha value is -2.12. The highest BCUT2D eigenvalue weighted by Crippen LogP contribution is 2.23. The summed E-state index contributed by atoms with van der Waals surface area (Å²) in [5.41, 5.74) is 0. The van der Waals surface area contributed by atoms with Crippen LogP contribution in [-0.2, 0) is 23.8 Å². The Kier molecular flexibility index (Phi) is 53.7. The average Bonchev–Trinajstić information content (AvgIpc) is 3.44. The minimum Gasteiger partial charge on any atom is -0.466 e. The molecule has 0 aromatic heterocycles. The number of hydrogen-bond donors (Lipinski definition) is 6. The van der Waals surface area contributed by atoms with E-state index in [0.717, 1.165) is 57.8 Å². The number of aliphatic hydroxyl groups is 5. The highest BCUT2D eigenvalue weighted by Gasteiger charge is 2.44. The number of nitrogens with one attached hydrogen (secondary N) is 1. The van der Waals surface area contributed by atoms with Gasteiger partial charge in [-0.3, -0.25) is 9.59 Å². The van der Waals surface area contributed by atoms with E-state index in [0.29, 0.717) is 19.4 Å². The molecule has 1 fully saturated rings. The monoisotopic (exact) mass is 1100 g/mol. The molecule has 78 heavy (non-hydrogen) atoms. The highest BCUT2D eigenvalue weighted by atomic mass is 16.7. The van der Waals surface area contributed by atoms with Gasteiger partial charge < -0.3 is 45.1 Å². The van der Waals surface area contributed by atoms with Crippen LogP contribution in [0.5, 0.6) is 0 Å². The van der Waals surface area contributed by atoms with Crippen molar-refractivity contribution in [3.8, 4) is 0 Å². The van der Waals surface area contributed by atoms with Gasteiger partial charge in [0.2, 0.25) is 5.91 Å². The molecule has 1 heterocycles. The molecule has 0 aromatic carbocycles. The molecular formula is C67H125NO10. The van der Waals surface area contributed by atoms with Crippen LogP contribution >= 0.6 is 0 Å². The molecular weight excluding hydrogens is 979 g/mol. The zero-order valence-electron chi connectivity index (χ0n) is 50.6. The van der Waals surface area contributed by atoms with Gasteiger partial charge in [-0.25, -0.2) is 0 Å². The van der Waals surface area contributed by atoms with E-state index in [9.17, 15) is 35.1 Å². The summed E-state index contributed by atoms with van der Waals surface area (Å²) >= 11 is 0. The van der Waals surface area contributed by atoms with Crippen LogP contribution in [0.25, 0.3) is 0 Å². The first-order chi connectivity index (χ1) is 38.2. The molecule has 11 nitrogen and oxygen atoms in total. The molecule has 6 N–H and O–H groups in total. The average molecular weight is 1100 g/mol. The Morgan fingerprint density at radius 2 is 0.833 bits per heavy atom. The first kappa shape index (κ1) is 73.9. The van der Waals surface area contributed by atoms with Gasteiger partial charge in [0.25, 0.3) is 0 Å². The Balaban J connectivity index is 1.98. The summed E-state index contributed by atoms with van der Waals surface area (Å²) in [6.07, 6.45) is 61.3. The Labute approximate surface area is 479 Å². The number of allylic oxidation sites excluding steroid dienone is 5. The number of aliphatic hydroxyl groups excluding tert-OH is 5. The summed E-state index contributed by atoms with van der Waals surface area (Å²) < 4.78 is 16.7. The molecule has 0 radical (unpaired) electrons. The van der Waals surface area contributed by atoms with E-state index in [2.05, 4.69) is 43.5 Å². The molecule has 1 rings (SSSR count). The molecule has 11 heteroatoms. The van der Waals surface area contributed by atoms with Gasteiger partial charge in [-0.05, 0) is 70.6 Å². The summed E-state index contributed by atoms with van der Waals surface area (Å²) in [6, 6.07) is -0.827. The Morgan fingerprint density at radius 1 is 0.462 bits per heavy atom. The second-order valence-electron chi connectivity index (χ2n) is 23.2. The van der Waals surface area contributed by atoms with E-state index in [1.165, 1.54) is 231 Å². The fourth-order valence-electron chi connectivity index (χ4n) is 10.4. The lowest BCUT2D eigenvalue weighted by Crippen LogP contribution is -2.60. The van der Waals surface area contributed by atoms with Crippen LogP contribution in [0.2, 0.25) is 0 Å². The number of esters is 1. The van der Waals surface area contributed by atoms with Crippen molar-refractivity contribution in [3.05, 3.63) is 36.5 Å². The molecule has 1 aliphatic heterocycles. The van der Waals surface area contributed by atoms with Crippen LogP contribution in [-0.4, -0.2) is 100 Å². The second kappa shape index (κ2) is 56.7. The van der Waals surface area contributed by atoms with Gasteiger partial charge in [-0.1, -0.05) is 269 Å². The van der Waals surface area contributed by atoms with Crippen molar-refractivity contribution >= 4 is 11.9 Å². The van der Waals surface area contributed by atoms with Crippen molar-refractivity contribution in [2.24, 2.45) is 0 Å². The van der Waals surface area contributed by atoms with E-state index in [-0.39, 0.29) is 18.5 Å². The second-order valence-corrected chi connectivity index (χ2v) is 23.2. The van der Waals surface area contributed by atoms with E-state index < -0.39 is 49.5 Å². The molecule has 0 spiro atoms. The number of hydrogen-bond acceptors (Lipinski definition) is 10. The SMILES string of the molecule is CCCCCCC/C=C/CC/C=C/C(O)C(COC1OC(CO)C(O)C(O)C1O)NC(=O)CCCCCCCCCCCCCC/C=C\CCCCCCCCCCCCCCOC(=O)CCCCCCCCCCCCC. The third-order valence-corrected chi connectivity index (χ3v) is 15.7. The molecule has 0 saturated carbocycles. The van der Waals surface area contributed by atoms with E-state index in [4.69, 9.17) is 14.2 Å². The van der Waals surface area contributed by atoms with Crippen LogP contribution in [0.1, 0.15) is 316 Å². The smallest absolute Gasteiger partial charge is 0.305 e. The van der Waals surface area contributed by atoms with Crippen molar-refractivity contribution in [3.63, 3.8) is 0 Å². The third kappa shape index (κ3) is 45.5. The zero-order valence-corrected chi connectivity index (χ0v) is 50.6. The molecule has 1 amide bonds. The van der Waals surface area contributed by atoms with Gasteiger partial charge in [0.05, 0.1) is 32.0 Å². The van der Waals surface area contributed by atoms with Crippen molar-refractivity contribution in [2.45, 2.75) is 358 Å². The maximum atomic E-state index is 13.0. The molecule has 1 saturated heterocycles. The normalized spacial score (nSPS) is 18.7. The predicted molar refractivity (Wildman–Crippen MR) is 324 cm³/mol. The Bertz CT molecular complexity index is 1390. The van der Waals surface area contributed by atoms with Crippen molar-refractivity contribution < 1.29 is 49.3 Å². The Morgan fingerprint density at radius 3 is 1.27 bits per heavy atom. The zero-order chi connectivity index (χ0) is 56.6. The summed E-state index contributed by atoms with van der Waals surface area (Å²) in [4.78, 5) is 25.0. The lowest BCUT2D eigenvalue weighted by Gasteiger charge is -2.40. The summed E-state index contributed by atoms with van der Waals surface area (Å²) in [5.74, 6) is -0.186. The maximum absolute atomic E-state index is 13.0. The fraction of sp³-hybridized carbons (Fsp3) is 0.881. The third-order valence-electron chi connectivity index (χ3n) is 15.7. The molecule has 7 atom stereocenters. The topological polar surface area (TPSA) is 175 Å². The van der Waals surface area contributed by atoms with Gasteiger partial charge in [0.15, 0.2) is 6.29 Å². The largest absolute Gasteiger partial charge is 0.466 e. The lowest BCUT2D eigenvalue weighted by molar-refractivity contribution is -0.302. The molecule has 7 unspecified atom stereocenters. The van der Waals surface area contributed by atoms with Gasteiger partial charge in [-0.2, -0.15) is 0 Å². The lowest BCUT2D eigenvalue weighted by atomic mass is 9.99. The predicted octanol–water partition coefficient (Wildman–Crippen LogP) is 16.2. The van der Waals surface area contributed by atoms with Gasteiger partial charge in [0, 0.05) is 12.8 Å². The number of carbonyl (C=O) groups excluding carboxylic acids is 2. The highest BCUT2D eigenvalue weighted by molar-refractivity contribution is 5.76. The summed E-state index contributed by atoms with van der Waals surface area (Å²) in [7, 11) is 0. The first-order valence-corrected chi connectivity index (χ1v) is 33.3. The van der Waals surface area contributed by atoms with Crippen molar-refractivity contribution in [1.29, 1.82) is 0 Å². The van der Waals surface area contributed by atoms with E-state index in [1.807, 2.05) is 6.08 Å². The summed E-state index contributed by atoms with van der Waals surface area (Å²) in [5, 5.41) is 54.3. The number of amides is 1. The minimum absolute atomic E-state index is 0.00615. The van der Waals surface area contributed by atoms with Crippen LogP contribution in [0.15, 0.2) is 36.5 Å². The van der Waals surface area contributed by atoms with Gasteiger partial charge in [-0.15, -0.1) is 0 Å². The number of unbranched alkanes of at least 4 members (excludes halogenated alkanes) is 40. The van der Waals surface area contributed by atoms with E-state index >= 15 is 0 Å². The van der Waals surface area contributed by atoms with Gasteiger partial charge >= 0.3 is 5.97 Å². The van der Waals surface area contributed by atoms with E-state index in [1.54, 1.807) is 6.08 Å². The maximum Gasteiger partial charge on any atom is 0.305 e. The number of rotatable bonds is 58. The standard InChI is InChI=1S/C67H125NO10/c1-3-5-7-9-11-13-33-37-41-45-49-53-60(70)59(58-77-67-66(75)65(74)64(73)61(57-69)78-67)68-62(71)54-50-46-42-38-35-31-29-27-25-23-21-19-17-15-16-18-20-22-24-26-28-30-32-36-40-44-48-52-56-76-63(72)55-51-47-43-39-34-14-12-10-8-6-4-2/h15-16,33,37,49,53,59-61,64-67,69-70,73-75H,3-14,17-32,34-36,38-48,50-52,54-58H2,1-2H3,(H,68,71)/b16-15-,37-33+,53-49+. The molecule has 1 aliphatic rings. The first-order valence-electron chi connectivity index (χ1n) is 33.3.